The number of nitrogens with one attached hydrogen (secondary N) is 4. The van der Waals surface area contributed by atoms with Crippen LogP contribution in [0.3, 0.4) is 0 Å². The van der Waals surface area contributed by atoms with Gasteiger partial charge >= 0.3 is 0 Å². The second-order valence-electron chi connectivity index (χ2n) is 10.8. The molecule has 0 spiro atoms. The summed E-state index contributed by atoms with van der Waals surface area (Å²) in [5.74, 6) is -0.395. The van der Waals surface area contributed by atoms with Crippen molar-refractivity contribution in [3.05, 3.63) is 112 Å². The third kappa shape index (κ3) is 5.54. The Balaban J connectivity index is 1.40. The Labute approximate surface area is 252 Å². The number of pyridine rings is 1. The molecule has 0 bridgehead atoms. The van der Waals surface area contributed by atoms with Crippen molar-refractivity contribution < 1.29 is 13.2 Å². The Kier molecular flexibility index (Phi) is 7.77. The van der Waals surface area contributed by atoms with E-state index in [0.717, 1.165) is 12.0 Å². The molecule has 3 aromatic carbocycles. The number of benzene rings is 3. The second-order valence-corrected chi connectivity index (χ2v) is 11.2. The van der Waals surface area contributed by atoms with Crippen LogP contribution in [0.2, 0.25) is 5.02 Å². The molecule has 1 aromatic heterocycles. The van der Waals surface area contributed by atoms with E-state index in [4.69, 9.17) is 11.6 Å². The number of hydrogen-bond donors (Lipinski definition) is 4. The molecular weight excluding hydrogens is 575 g/mol. The lowest BCUT2D eigenvalue weighted by Crippen LogP contribution is -2.48. The number of halogens is 4. The molecule has 4 aromatic rings. The van der Waals surface area contributed by atoms with Gasteiger partial charge in [-0.05, 0) is 54.7 Å². The monoisotopic (exact) mass is 603 g/mol. The highest BCUT2D eigenvalue weighted by Crippen LogP contribution is 2.47. The van der Waals surface area contributed by atoms with Crippen LogP contribution in [0.25, 0.3) is 10.9 Å². The van der Waals surface area contributed by atoms with E-state index in [1.165, 1.54) is 23.3 Å². The second kappa shape index (κ2) is 11.7. The van der Waals surface area contributed by atoms with Gasteiger partial charge in [-0.25, -0.2) is 13.2 Å². The van der Waals surface area contributed by atoms with Crippen LogP contribution in [0.1, 0.15) is 55.0 Å². The first-order valence-corrected chi connectivity index (χ1v) is 14.4. The lowest BCUT2D eigenvalue weighted by atomic mass is 10.0. The van der Waals surface area contributed by atoms with E-state index in [1.54, 1.807) is 24.4 Å². The highest BCUT2D eigenvalue weighted by molar-refractivity contribution is 6.35. The average molecular weight is 604 g/mol. The van der Waals surface area contributed by atoms with E-state index in [9.17, 15) is 18.4 Å². The Bertz CT molecular complexity index is 1700. The minimum absolute atomic E-state index is 0.0734. The molecule has 2 aliphatic rings. The Morgan fingerprint density at radius 1 is 1.07 bits per heavy atom. The van der Waals surface area contributed by atoms with E-state index in [2.05, 4.69) is 39.6 Å². The van der Waals surface area contributed by atoms with Crippen LogP contribution < -0.4 is 21.6 Å². The lowest BCUT2D eigenvalue weighted by Gasteiger charge is -2.25. The first-order valence-electron chi connectivity index (χ1n) is 14.0. The van der Waals surface area contributed by atoms with E-state index in [-0.39, 0.29) is 6.04 Å². The minimum Gasteiger partial charge on any atom is -0.377 e. The molecule has 2 heterocycles. The predicted octanol–water partition coefficient (Wildman–Crippen LogP) is 7.58. The summed E-state index contributed by atoms with van der Waals surface area (Å²) in [6, 6.07) is 21.1. The van der Waals surface area contributed by atoms with Gasteiger partial charge in [0.25, 0.3) is 6.43 Å². The largest absolute Gasteiger partial charge is 0.377 e. The maximum absolute atomic E-state index is 13.9. The fraction of sp³-hybridized carbons (Fsp3) is 0.250. The number of rotatable bonds is 10. The summed E-state index contributed by atoms with van der Waals surface area (Å²) < 4.78 is 41.5. The zero-order valence-corrected chi connectivity index (χ0v) is 24.0. The topological polar surface area (TPSA) is 88.0 Å². The maximum Gasteiger partial charge on any atom is 0.262 e. The Morgan fingerprint density at radius 2 is 1.81 bits per heavy atom. The molecule has 1 saturated carbocycles. The number of alkyl halides is 2. The zero-order chi connectivity index (χ0) is 30.1. The maximum atomic E-state index is 13.9. The van der Waals surface area contributed by atoms with Crippen LogP contribution in [-0.2, 0) is 0 Å². The summed E-state index contributed by atoms with van der Waals surface area (Å²) >= 11 is 6.76. The quantitative estimate of drug-likeness (QED) is 0.149. The number of hydrazine groups is 2. The molecule has 4 N–H and O–H groups in total. The molecule has 7 nitrogen and oxygen atoms in total. The van der Waals surface area contributed by atoms with Crippen LogP contribution in [-0.4, -0.2) is 22.0 Å². The zero-order valence-electron chi connectivity index (χ0n) is 23.2. The summed E-state index contributed by atoms with van der Waals surface area (Å²) in [6.07, 6.45) is 2.10. The van der Waals surface area contributed by atoms with Crippen molar-refractivity contribution >= 4 is 33.9 Å². The molecule has 0 amide bonds. The lowest BCUT2D eigenvalue weighted by molar-refractivity contribution is 0.00911. The van der Waals surface area contributed by atoms with Crippen molar-refractivity contribution in [1.82, 2.24) is 21.0 Å². The minimum atomic E-state index is -2.52. The number of aromatic nitrogens is 1. The third-order valence-corrected chi connectivity index (χ3v) is 8.32. The van der Waals surface area contributed by atoms with Crippen LogP contribution in [0.15, 0.2) is 84.8 Å². The van der Waals surface area contributed by atoms with E-state index in [1.807, 2.05) is 36.4 Å². The average Bonchev–Trinajstić information content (AvgIpc) is 3.70. The highest BCUT2D eigenvalue weighted by atomic mass is 35.5. The van der Waals surface area contributed by atoms with Crippen LogP contribution >= 0.6 is 11.6 Å². The molecular formula is C32H29ClF3N7. The fourth-order valence-corrected chi connectivity index (χ4v) is 5.70. The number of fused-ring (bicyclic) bond motifs is 1. The Hall–Kier alpha value is -4.46. The number of nitriles is 1. The number of hydrogen-bond acceptors (Lipinski definition) is 7. The summed E-state index contributed by atoms with van der Waals surface area (Å²) in [5, 5.41) is 19.4. The summed E-state index contributed by atoms with van der Waals surface area (Å²) in [4.78, 5) is 4.47. The van der Waals surface area contributed by atoms with Crippen molar-refractivity contribution in [1.29, 1.82) is 5.26 Å². The predicted molar refractivity (Wildman–Crippen MR) is 161 cm³/mol. The molecule has 11 heteroatoms. The molecule has 1 unspecified atom stereocenters. The molecule has 220 valence electrons. The summed E-state index contributed by atoms with van der Waals surface area (Å²) in [6.45, 7) is 2.06. The molecule has 1 aliphatic heterocycles. The summed E-state index contributed by atoms with van der Waals surface area (Å²) in [7, 11) is 0. The number of anilines is 2. The van der Waals surface area contributed by atoms with Crippen molar-refractivity contribution in [2.45, 2.75) is 50.2 Å². The van der Waals surface area contributed by atoms with Gasteiger partial charge in [0.15, 0.2) is 0 Å². The fourth-order valence-electron chi connectivity index (χ4n) is 5.43. The van der Waals surface area contributed by atoms with Gasteiger partial charge in [0, 0.05) is 23.5 Å². The first kappa shape index (κ1) is 28.6. The smallest absolute Gasteiger partial charge is 0.262 e. The Morgan fingerprint density at radius 3 is 2.47 bits per heavy atom. The third-order valence-electron chi connectivity index (χ3n) is 8.04. The molecule has 43 heavy (non-hydrogen) atoms. The standard InChI is InChI=1S/C32H29ClF3N7/c1-2-26(19-6-4-3-5-7-19)40-28-21(16-37)17-38-30-24(28)14-23(15-25(30)33)39-29(20-8-10-22(34)11-9-20)27-18-43(42-41-27)32(12-13-32)31(35)36/h3-11,14-15,17-18,26,29,31,39,41-42H,2,12-13H2,1H3,(H,38,40)/t26-,29?/m1/s1. The van der Waals surface area contributed by atoms with Crippen LogP contribution in [0.4, 0.5) is 24.5 Å². The van der Waals surface area contributed by atoms with Crippen LogP contribution in [0, 0.1) is 17.1 Å². The normalized spacial score (nSPS) is 16.8. The van der Waals surface area contributed by atoms with E-state index < -0.39 is 23.8 Å². The van der Waals surface area contributed by atoms with Gasteiger partial charge in [0.1, 0.15) is 17.4 Å². The van der Waals surface area contributed by atoms with Gasteiger partial charge in [0.05, 0.1) is 39.6 Å². The molecule has 1 fully saturated rings. The van der Waals surface area contributed by atoms with Gasteiger partial charge < -0.3 is 16.1 Å². The van der Waals surface area contributed by atoms with Gasteiger partial charge in [-0.1, -0.05) is 61.0 Å². The molecule has 0 saturated heterocycles. The molecule has 0 radical (unpaired) electrons. The van der Waals surface area contributed by atoms with Crippen molar-refractivity contribution in [3.63, 3.8) is 0 Å². The van der Waals surface area contributed by atoms with Gasteiger partial charge in [0.2, 0.25) is 0 Å². The molecule has 2 atom stereocenters. The van der Waals surface area contributed by atoms with Crippen LogP contribution in [0.5, 0.6) is 0 Å². The van der Waals surface area contributed by atoms with E-state index >= 15 is 0 Å². The first-order chi connectivity index (χ1) is 20.8. The van der Waals surface area contributed by atoms with E-state index in [0.29, 0.717) is 57.0 Å². The number of nitrogens with zero attached hydrogens (tertiary/aromatic N) is 3. The van der Waals surface area contributed by atoms with Crippen molar-refractivity contribution in [3.8, 4) is 6.07 Å². The summed E-state index contributed by atoms with van der Waals surface area (Å²) in [5.41, 5.74) is 9.04. The van der Waals surface area contributed by atoms with Gasteiger partial charge in [-0.15, -0.1) is 5.53 Å². The van der Waals surface area contributed by atoms with Gasteiger partial charge in [-0.3, -0.25) is 9.99 Å². The highest BCUT2D eigenvalue weighted by Gasteiger charge is 2.56. The molecule has 6 rings (SSSR count). The van der Waals surface area contributed by atoms with Crippen molar-refractivity contribution in [2.24, 2.45) is 0 Å². The molecule has 1 aliphatic carbocycles. The van der Waals surface area contributed by atoms with Crippen molar-refractivity contribution in [2.75, 3.05) is 10.6 Å². The SMILES string of the molecule is CC[C@@H](Nc1c(C#N)cnc2c(Cl)cc(NC(C3=CN(C4(C(F)F)CC4)NN3)c3ccc(F)cc3)cc12)c1ccccc1. The van der Waals surface area contributed by atoms with Gasteiger partial charge in [-0.2, -0.15) is 5.26 Å².